The average Bonchev–Trinajstić information content (AvgIpc) is 3.96. The van der Waals surface area contributed by atoms with Crippen molar-refractivity contribution in [2.75, 3.05) is 21.3 Å². The van der Waals surface area contributed by atoms with E-state index in [1.54, 1.807) is 68.1 Å². The van der Waals surface area contributed by atoms with Gasteiger partial charge in [-0.3, -0.25) is 19.8 Å². The third-order valence-electron chi connectivity index (χ3n) is 8.44. The molecule has 0 aliphatic rings. The highest BCUT2D eigenvalue weighted by atomic mass is 19.1. The second-order valence-corrected chi connectivity index (χ2v) is 11.7. The molecule has 0 saturated carbocycles. The number of methoxy groups -OCH3 is 2. The number of amides is 2. The summed E-state index contributed by atoms with van der Waals surface area (Å²) in [5.74, 6) is -2.88. The highest BCUT2D eigenvalue weighted by Crippen LogP contribution is 2.32. The van der Waals surface area contributed by atoms with E-state index >= 15 is 0 Å². The van der Waals surface area contributed by atoms with E-state index in [-0.39, 0.29) is 16.7 Å². The van der Waals surface area contributed by atoms with Crippen molar-refractivity contribution < 1.29 is 41.7 Å². The van der Waals surface area contributed by atoms with E-state index in [0.29, 0.717) is 23.5 Å². The molecule has 0 fully saturated rings. The van der Waals surface area contributed by atoms with Crippen LogP contribution in [0.1, 0.15) is 57.3 Å². The number of rotatable bonds is 12. The third-order valence-corrected chi connectivity index (χ3v) is 8.44. The largest absolute Gasteiger partial charge is 0.496 e. The van der Waals surface area contributed by atoms with Crippen LogP contribution in [0.5, 0.6) is 11.5 Å². The Hall–Kier alpha value is -6.74. The van der Waals surface area contributed by atoms with Crippen LogP contribution < -0.4 is 20.1 Å². The number of aliphatic hydroxyl groups excluding tert-OH is 1. The molecular formula is C41H40F4N6O5. The van der Waals surface area contributed by atoms with Gasteiger partial charge < -0.3 is 25.2 Å². The third kappa shape index (κ3) is 9.86. The van der Waals surface area contributed by atoms with Gasteiger partial charge >= 0.3 is 0 Å². The molecule has 0 bridgehead atoms. The summed E-state index contributed by atoms with van der Waals surface area (Å²) >= 11 is 0. The molecule has 11 nitrogen and oxygen atoms in total. The molecule has 0 unspecified atom stereocenters. The van der Waals surface area contributed by atoms with Crippen LogP contribution in [0, 0.1) is 23.3 Å². The van der Waals surface area contributed by atoms with Crippen molar-refractivity contribution in [1.29, 1.82) is 0 Å². The monoisotopic (exact) mass is 772 g/mol. The van der Waals surface area contributed by atoms with Crippen LogP contribution in [0.25, 0.3) is 22.3 Å². The number of nitrogens with one attached hydrogen (secondary N) is 4. The fourth-order valence-corrected chi connectivity index (χ4v) is 5.68. The number of halogens is 4. The van der Waals surface area contributed by atoms with Gasteiger partial charge in [-0.05, 0) is 67.1 Å². The number of aromatic amines is 2. The van der Waals surface area contributed by atoms with Crippen molar-refractivity contribution in [1.82, 2.24) is 31.0 Å². The Morgan fingerprint density at radius 1 is 0.732 bits per heavy atom. The quantitative estimate of drug-likeness (QED) is 0.0627. The van der Waals surface area contributed by atoms with E-state index in [2.05, 4.69) is 37.6 Å². The van der Waals surface area contributed by atoms with Gasteiger partial charge in [0.1, 0.15) is 34.8 Å². The van der Waals surface area contributed by atoms with Crippen LogP contribution in [0.4, 0.5) is 17.6 Å². The summed E-state index contributed by atoms with van der Waals surface area (Å²) in [6.45, 7) is 5.31. The Morgan fingerprint density at radius 2 is 1.16 bits per heavy atom. The lowest BCUT2D eigenvalue weighted by Crippen LogP contribution is -2.29. The van der Waals surface area contributed by atoms with E-state index in [4.69, 9.17) is 14.6 Å². The summed E-state index contributed by atoms with van der Waals surface area (Å²) in [4.78, 5) is 25.2. The van der Waals surface area contributed by atoms with Crippen LogP contribution in [-0.4, -0.2) is 58.6 Å². The molecule has 2 amide bonds. The van der Waals surface area contributed by atoms with Gasteiger partial charge in [0.05, 0.1) is 38.7 Å². The smallest absolute Gasteiger partial charge is 0.252 e. The summed E-state index contributed by atoms with van der Waals surface area (Å²) < 4.78 is 66.8. The molecule has 0 radical (unpaired) electrons. The molecule has 5 N–H and O–H groups in total. The molecule has 15 heteroatoms. The lowest BCUT2D eigenvalue weighted by atomic mass is 10.0. The Morgan fingerprint density at radius 3 is 1.54 bits per heavy atom. The first kappa shape index (κ1) is 42.0. The van der Waals surface area contributed by atoms with E-state index < -0.39 is 47.2 Å². The average molecular weight is 773 g/mol. The zero-order valence-corrected chi connectivity index (χ0v) is 30.9. The Labute approximate surface area is 320 Å². The Balaban J connectivity index is 0.000000238. The van der Waals surface area contributed by atoms with Gasteiger partial charge in [-0.1, -0.05) is 25.1 Å². The number of hydrogen-bond donors (Lipinski definition) is 5. The number of hydrogen-bond acceptors (Lipinski definition) is 7. The molecular weight excluding hydrogens is 732 g/mol. The van der Waals surface area contributed by atoms with Gasteiger partial charge in [0.25, 0.3) is 11.8 Å². The highest BCUT2D eigenvalue weighted by molar-refractivity contribution is 5.96. The van der Waals surface area contributed by atoms with E-state index in [0.717, 1.165) is 41.5 Å². The first-order chi connectivity index (χ1) is 27.1. The number of nitrogens with zero attached hydrogens (tertiary/aromatic N) is 2. The number of H-pyrrole nitrogens is 2. The SMILES string of the molecule is C=C[C@@H](NC(=O)c1ccc(-c2cn[nH]c2)c(OC)c1)c1c(F)cccc1F.CC[C@@H](NC(=O)c1ccc(-c2cn[nH]c2)c(OC)c1)c1c(F)cccc1F.CO. The summed E-state index contributed by atoms with van der Waals surface area (Å²) in [7, 11) is 3.99. The maximum atomic E-state index is 14.0. The van der Waals surface area contributed by atoms with Crippen molar-refractivity contribution >= 4 is 11.8 Å². The molecule has 0 spiro atoms. The van der Waals surface area contributed by atoms with Crippen molar-refractivity contribution in [2.45, 2.75) is 25.4 Å². The standard InChI is InChI=1S/C20H19F2N3O2.C20H17F2N3O2.CH4O/c2*1-3-17(19-15(21)5-4-6-16(19)22)25-20(26)12-7-8-14(18(9-12)27-2)13-10-23-24-11-13;1-2/h4-11,17H,3H2,1-2H3,(H,23,24)(H,25,26);3-11,17H,1H2,2H3,(H,23,24)(H,25,26);2H,1H3/t2*17-;/m11./s1. The van der Waals surface area contributed by atoms with Crippen LogP contribution in [-0.2, 0) is 0 Å². The Bertz CT molecular complexity index is 2190. The van der Waals surface area contributed by atoms with Gasteiger partial charge in [0.15, 0.2) is 0 Å². The molecule has 2 atom stereocenters. The minimum atomic E-state index is -1.02. The zero-order valence-electron chi connectivity index (χ0n) is 30.9. The van der Waals surface area contributed by atoms with Gasteiger partial charge in [-0.2, -0.15) is 10.2 Å². The van der Waals surface area contributed by atoms with Crippen LogP contribution in [0.15, 0.2) is 110 Å². The van der Waals surface area contributed by atoms with Crippen molar-refractivity contribution in [2.24, 2.45) is 0 Å². The number of aromatic nitrogens is 4. The Kier molecular flexibility index (Phi) is 15.1. The molecule has 0 aliphatic carbocycles. The van der Waals surface area contributed by atoms with Crippen molar-refractivity contribution in [3.8, 4) is 33.8 Å². The highest BCUT2D eigenvalue weighted by Gasteiger charge is 2.23. The molecule has 0 aliphatic heterocycles. The first-order valence-corrected chi connectivity index (χ1v) is 17.0. The molecule has 6 aromatic rings. The topological polar surface area (TPSA) is 154 Å². The number of ether oxygens (including phenoxy) is 2. The predicted octanol–water partition coefficient (Wildman–Crippen LogP) is 7.87. The normalized spacial score (nSPS) is 11.4. The fraction of sp³-hybridized carbons (Fsp3) is 0.171. The van der Waals surface area contributed by atoms with Crippen molar-refractivity contribution in [3.05, 3.63) is 156 Å². The molecule has 0 saturated heterocycles. The van der Waals surface area contributed by atoms with E-state index in [1.807, 2.05) is 0 Å². The molecule has 56 heavy (non-hydrogen) atoms. The molecule has 2 aromatic heterocycles. The minimum absolute atomic E-state index is 0.143. The van der Waals surface area contributed by atoms with E-state index in [9.17, 15) is 27.2 Å². The zero-order chi connectivity index (χ0) is 40.8. The summed E-state index contributed by atoms with van der Waals surface area (Å²) in [5, 5.41) is 25.5. The van der Waals surface area contributed by atoms with Gasteiger partial charge in [0.2, 0.25) is 0 Å². The molecule has 4 aromatic carbocycles. The molecule has 292 valence electrons. The number of aliphatic hydroxyl groups is 1. The minimum Gasteiger partial charge on any atom is -0.496 e. The molecule has 2 heterocycles. The maximum Gasteiger partial charge on any atom is 0.252 e. The lowest BCUT2D eigenvalue weighted by Gasteiger charge is -2.19. The lowest BCUT2D eigenvalue weighted by molar-refractivity contribution is 0.0929. The van der Waals surface area contributed by atoms with E-state index in [1.165, 1.54) is 44.6 Å². The first-order valence-electron chi connectivity index (χ1n) is 17.0. The predicted molar refractivity (Wildman–Crippen MR) is 203 cm³/mol. The summed E-state index contributed by atoms with van der Waals surface area (Å²) in [6, 6.07) is 15.2. The van der Waals surface area contributed by atoms with Gasteiger partial charge in [-0.25, -0.2) is 17.6 Å². The molecule has 6 rings (SSSR count). The van der Waals surface area contributed by atoms with Crippen LogP contribution in [0.3, 0.4) is 0 Å². The second-order valence-electron chi connectivity index (χ2n) is 11.7. The van der Waals surface area contributed by atoms with Gasteiger partial charge in [-0.15, -0.1) is 6.58 Å². The second kappa shape index (κ2) is 20.1. The fourth-order valence-electron chi connectivity index (χ4n) is 5.68. The maximum absolute atomic E-state index is 14.0. The summed E-state index contributed by atoms with van der Waals surface area (Å²) in [6.07, 6.45) is 8.31. The number of carbonyl (C=O) groups excluding carboxylic acids is 2. The number of benzene rings is 4. The van der Waals surface area contributed by atoms with Crippen LogP contribution >= 0.6 is 0 Å². The number of carbonyl (C=O) groups is 2. The van der Waals surface area contributed by atoms with Crippen LogP contribution in [0.2, 0.25) is 0 Å². The summed E-state index contributed by atoms with van der Waals surface area (Å²) in [5.41, 5.74) is 3.35. The van der Waals surface area contributed by atoms with Gasteiger partial charge in [0, 0.05) is 64.0 Å². The van der Waals surface area contributed by atoms with Crippen molar-refractivity contribution in [3.63, 3.8) is 0 Å².